The molecule has 0 spiro atoms. The maximum atomic E-state index is 6.01. The summed E-state index contributed by atoms with van der Waals surface area (Å²) in [6.07, 6.45) is 1.73. The van der Waals surface area contributed by atoms with Crippen LogP contribution in [0, 0.1) is 0 Å². The van der Waals surface area contributed by atoms with Gasteiger partial charge in [-0.15, -0.1) is 0 Å². The average Bonchev–Trinajstić information content (AvgIpc) is 2.29. The highest BCUT2D eigenvalue weighted by molar-refractivity contribution is 6.60. The van der Waals surface area contributed by atoms with Crippen molar-refractivity contribution in [2.75, 3.05) is 40.1 Å². The summed E-state index contributed by atoms with van der Waals surface area (Å²) in [5.41, 5.74) is 0. The molecule has 2 bridgehead atoms. The maximum absolute atomic E-state index is 6.01. The van der Waals surface area contributed by atoms with Crippen LogP contribution in [0.2, 0.25) is 0 Å². The second-order valence-electron chi connectivity index (χ2n) is 4.62. The van der Waals surface area contributed by atoms with Crippen molar-refractivity contribution < 1.29 is 18.0 Å². The summed E-state index contributed by atoms with van der Waals surface area (Å²) < 4.78 is 23.1. The van der Waals surface area contributed by atoms with Crippen molar-refractivity contribution in [2.45, 2.75) is 25.6 Å². The van der Waals surface area contributed by atoms with Crippen molar-refractivity contribution >= 4 is 8.80 Å². The summed E-state index contributed by atoms with van der Waals surface area (Å²) >= 11 is 0. The molecule has 2 fully saturated rings. The molecule has 0 aliphatic carbocycles. The van der Waals surface area contributed by atoms with Crippen LogP contribution in [-0.4, -0.2) is 66.0 Å². The highest BCUT2D eigenvalue weighted by Crippen LogP contribution is 2.22. The minimum atomic E-state index is -2.56. The first-order valence-electron chi connectivity index (χ1n) is 5.80. The van der Waals surface area contributed by atoms with E-state index in [-0.39, 0.29) is 12.2 Å². The molecule has 2 aliphatic rings. The molecule has 0 aromatic carbocycles. The zero-order valence-electron chi connectivity index (χ0n) is 10.3. The van der Waals surface area contributed by atoms with E-state index in [4.69, 9.17) is 18.0 Å². The Bertz CT molecular complexity index is 243. The van der Waals surface area contributed by atoms with Crippen molar-refractivity contribution in [3.8, 4) is 0 Å². The van der Waals surface area contributed by atoms with Crippen molar-refractivity contribution in [1.29, 1.82) is 0 Å². The van der Waals surface area contributed by atoms with E-state index in [9.17, 15) is 0 Å². The molecular formula is C10H21NO4Si. The van der Waals surface area contributed by atoms with Gasteiger partial charge >= 0.3 is 8.80 Å². The summed E-state index contributed by atoms with van der Waals surface area (Å²) in [6.45, 7) is 4.61. The Morgan fingerprint density at radius 3 is 2.94 bits per heavy atom. The third kappa shape index (κ3) is 2.82. The van der Waals surface area contributed by atoms with Gasteiger partial charge in [0.25, 0.3) is 0 Å². The average molecular weight is 247 g/mol. The zero-order chi connectivity index (χ0) is 11.6. The molecule has 2 heterocycles. The maximum Gasteiger partial charge on any atom is 0.528 e. The first kappa shape index (κ1) is 12.5. The summed E-state index contributed by atoms with van der Waals surface area (Å²) in [5.74, 6) is 0. The Kier molecular flexibility index (Phi) is 3.99. The molecule has 2 rings (SSSR count). The fourth-order valence-corrected chi connectivity index (χ4v) is 4.40. The van der Waals surface area contributed by atoms with Gasteiger partial charge in [0.15, 0.2) is 0 Å². The molecule has 3 unspecified atom stereocenters. The van der Waals surface area contributed by atoms with Crippen LogP contribution in [0.25, 0.3) is 0 Å². The quantitative estimate of drug-likeness (QED) is 0.622. The molecule has 0 radical (unpaired) electrons. The minimum absolute atomic E-state index is 0.0793. The number of hydrogen-bond donors (Lipinski definition) is 0. The normalized spacial score (nSPS) is 42.2. The van der Waals surface area contributed by atoms with Gasteiger partial charge in [0.1, 0.15) is 6.23 Å². The first-order valence-corrected chi connectivity index (χ1v) is 7.74. The smallest absolute Gasteiger partial charge is 0.375 e. The Labute approximate surface area is 98.0 Å². The van der Waals surface area contributed by atoms with Crippen LogP contribution in [0.5, 0.6) is 0 Å². The van der Waals surface area contributed by atoms with E-state index in [2.05, 4.69) is 18.9 Å². The van der Waals surface area contributed by atoms with E-state index in [0.29, 0.717) is 12.8 Å². The Balaban J connectivity index is 2.11. The van der Waals surface area contributed by atoms with E-state index in [0.717, 1.165) is 19.5 Å². The molecule has 2 saturated heterocycles. The minimum Gasteiger partial charge on any atom is -0.375 e. The lowest BCUT2D eigenvalue weighted by Crippen LogP contribution is -2.58. The van der Waals surface area contributed by atoms with E-state index in [1.54, 1.807) is 7.11 Å². The monoisotopic (exact) mass is 247 g/mol. The molecular weight excluding hydrogens is 226 g/mol. The van der Waals surface area contributed by atoms with Gasteiger partial charge < -0.3 is 22.9 Å². The van der Waals surface area contributed by atoms with Gasteiger partial charge in [-0.25, -0.2) is 0 Å². The Morgan fingerprint density at radius 1 is 1.38 bits per heavy atom. The molecule has 16 heavy (non-hydrogen) atoms. The van der Waals surface area contributed by atoms with Crippen molar-refractivity contribution in [3.05, 3.63) is 0 Å². The number of hydrogen-bond acceptors (Lipinski definition) is 5. The highest BCUT2D eigenvalue weighted by Gasteiger charge is 2.48. The second-order valence-corrected chi connectivity index (χ2v) is 7.16. The summed E-state index contributed by atoms with van der Waals surface area (Å²) in [6, 6.07) is 0. The van der Waals surface area contributed by atoms with Crippen LogP contribution in [-0.2, 0) is 18.0 Å². The SMILES string of the molecule is CO[Si]12COCC(CN(C)CCC(C)O1)O2. The highest BCUT2D eigenvalue weighted by atomic mass is 28.4. The van der Waals surface area contributed by atoms with E-state index >= 15 is 0 Å². The lowest BCUT2D eigenvalue weighted by Gasteiger charge is -2.37. The molecule has 94 valence electrons. The van der Waals surface area contributed by atoms with E-state index in [1.807, 2.05) is 0 Å². The standard InChI is InChI=1S/C10H21NO4Si/c1-9-4-5-11(2)6-10-7-13-8-16(12-3,14-9)15-10/h9-10H,4-8H2,1-3H3. The van der Waals surface area contributed by atoms with Crippen LogP contribution in [0.3, 0.4) is 0 Å². The predicted octanol–water partition coefficient (Wildman–Crippen LogP) is 0.267. The van der Waals surface area contributed by atoms with Gasteiger partial charge in [0.05, 0.1) is 12.7 Å². The largest absolute Gasteiger partial charge is 0.528 e. The number of fused-ring (bicyclic) bond motifs is 2. The summed E-state index contributed by atoms with van der Waals surface area (Å²) in [5, 5.41) is 0. The summed E-state index contributed by atoms with van der Waals surface area (Å²) in [4.78, 5) is 2.26. The van der Waals surface area contributed by atoms with Crippen LogP contribution in [0.15, 0.2) is 0 Å². The van der Waals surface area contributed by atoms with Crippen LogP contribution >= 0.6 is 0 Å². The predicted molar refractivity (Wildman–Crippen MR) is 61.1 cm³/mol. The fraction of sp³-hybridized carbons (Fsp3) is 1.00. The van der Waals surface area contributed by atoms with Crippen LogP contribution < -0.4 is 0 Å². The van der Waals surface area contributed by atoms with Crippen molar-refractivity contribution in [1.82, 2.24) is 4.90 Å². The van der Waals surface area contributed by atoms with Gasteiger partial charge in [-0.3, -0.25) is 0 Å². The summed E-state index contributed by atoms with van der Waals surface area (Å²) in [7, 11) is 1.20. The van der Waals surface area contributed by atoms with Crippen LogP contribution in [0.1, 0.15) is 13.3 Å². The number of likely N-dealkylation sites (N-methyl/N-ethyl adjacent to an activating group) is 1. The number of ether oxygens (including phenoxy) is 1. The Hall–Kier alpha value is 0.0169. The molecule has 0 aromatic heterocycles. The molecule has 6 heteroatoms. The third-order valence-electron chi connectivity index (χ3n) is 3.05. The molecule has 0 saturated carbocycles. The van der Waals surface area contributed by atoms with Crippen molar-refractivity contribution in [2.24, 2.45) is 0 Å². The fourth-order valence-electron chi connectivity index (χ4n) is 2.15. The topological polar surface area (TPSA) is 40.2 Å². The van der Waals surface area contributed by atoms with Crippen LogP contribution in [0.4, 0.5) is 0 Å². The molecule has 2 aliphatic heterocycles. The van der Waals surface area contributed by atoms with E-state index in [1.165, 1.54) is 0 Å². The molecule has 0 N–H and O–H groups in total. The number of rotatable bonds is 1. The molecule has 3 atom stereocenters. The van der Waals surface area contributed by atoms with Gasteiger partial charge in [0.2, 0.25) is 0 Å². The lowest BCUT2D eigenvalue weighted by molar-refractivity contribution is -0.0694. The molecule has 0 amide bonds. The van der Waals surface area contributed by atoms with Gasteiger partial charge in [-0.2, -0.15) is 0 Å². The Morgan fingerprint density at radius 2 is 2.19 bits per heavy atom. The van der Waals surface area contributed by atoms with Crippen molar-refractivity contribution in [3.63, 3.8) is 0 Å². The van der Waals surface area contributed by atoms with E-state index < -0.39 is 8.80 Å². The van der Waals surface area contributed by atoms with Gasteiger partial charge in [-0.1, -0.05) is 0 Å². The molecule has 0 aromatic rings. The van der Waals surface area contributed by atoms with Gasteiger partial charge in [-0.05, 0) is 20.4 Å². The lowest BCUT2D eigenvalue weighted by atomic mass is 10.2. The molecule has 5 nitrogen and oxygen atoms in total. The second kappa shape index (κ2) is 5.12. The zero-order valence-corrected chi connectivity index (χ0v) is 11.3. The first-order chi connectivity index (χ1) is 7.63. The third-order valence-corrected chi connectivity index (χ3v) is 5.69. The number of nitrogens with zero attached hydrogens (tertiary/aromatic N) is 1. The van der Waals surface area contributed by atoms with Gasteiger partial charge in [0, 0.05) is 26.3 Å².